The van der Waals surface area contributed by atoms with Crippen molar-refractivity contribution in [3.05, 3.63) is 24.3 Å². The number of carbonyl (C=O) groups is 1. The van der Waals surface area contributed by atoms with Crippen molar-refractivity contribution < 1.29 is 19.0 Å². The third-order valence-electron chi connectivity index (χ3n) is 4.62. The molecule has 0 bridgehead atoms. The molecule has 1 aromatic carbocycles. The molecule has 2 aliphatic heterocycles. The summed E-state index contributed by atoms with van der Waals surface area (Å²) < 4.78 is 16.9. The Hall–Kier alpha value is -1.79. The highest BCUT2D eigenvalue weighted by atomic mass is 16.6. The maximum atomic E-state index is 12.5. The van der Waals surface area contributed by atoms with Crippen LogP contribution in [0.4, 0.5) is 0 Å². The number of nitrogens with one attached hydrogen (secondary N) is 1. The lowest BCUT2D eigenvalue weighted by Gasteiger charge is -2.36. The fraction of sp³-hybridized carbons (Fsp3) is 0.632. The Bertz CT molecular complexity index is 572. The summed E-state index contributed by atoms with van der Waals surface area (Å²) in [5.74, 6) is 1.78. The first-order valence-electron chi connectivity index (χ1n) is 9.11. The molecule has 1 saturated heterocycles. The third kappa shape index (κ3) is 4.86. The molecule has 2 aliphatic rings. The molecule has 2 atom stereocenters. The Kier molecular flexibility index (Phi) is 6.15. The zero-order valence-corrected chi connectivity index (χ0v) is 15.1. The van der Waals surface area contributed by atoms with Gasteiger partial charge in [0.15, 0.2) is 11.5 Å². The van der Waals surface area contributed by atoms with E-state index < -0.39 is 6.10 Å². The van der Waals surface area contributed by atoms with Crippen molar-refractivity contribution in [2.75, 3.05) is 39.5 Å². The van der Waals surface area contributed by atoms with E-state index in [0.29, 0.717) is 30.0 Å². The first-order chi connectivity index (χ1) is 12.1. The van der Waals surface area contributed by atoms with E-state index in [2.05, 4.69) is 24.1 Å². The van der Waals surface area contributed by atoms with Crippen molar-refractivity contribution in [3.8, 4) is 11.5 Å². The van der Waals surface area contributed by atoms with Gasteiger partial charge in [-0.1, -0.05) is 26.0 Å². The molecule has 1 N–H and O–H groups in total. The van der Waals surface area contributed by atoms with Gasteiger partial charge in [0.1, 0.15) is 6.61 Å². The molecule has 2 unspecified atom stereocenters. The highest BCUT2D eigenvalue weighted by Crippen LogP contribution is 2.30. The SMILES string of the molecule is CC(C)CC(CNC(=O)C1COc2ccccc2O1)N1CCOCC1. The van der Waals surface area contributed by atoms with Gasteiger partial charge < -0.3 is 19.5 Å². The number of morpholine rings is 1. The van der Waals surface area contributed by atoms with Crippen molar-refractivity contribution in [1.82, 2.24) is 10.2 Å². The molecule has 1 fully saturated rings. The molecule has 0 radical (unpaired) electrons. The number of nitrogens with zero attached hydrogens (tertiary/aromatic N) is 1. The van der Waals surface area contributed by atoms with Crippen LogP contribution in [0.25, 0.3) is 0 Å². The number of benzene rings is 1. The van der Waals surface area contributed by atoms with Gasteiger partial charge in [0.25, 0.3) is 5.91 Å². The molecule has 1 amide bonds. The summed E-state index contributed by atoms with van der Waals surface area (Å²) in [6.07, 6.45) is 0.449. The summed E-state index contributed by atoms with van der Waals surface area (Å²) in [5, 5.41) is 3.06. The molecule has 1 aromatic rings. The van der Waals surface area contributed by atoms with Gasteiger partial charge in [-0.3, -0.25) is 9.69 Å². The monoisotopic (exact) mass is 348 g/mol. The van der Waals surface area contributed by atoms with E-state index in [1.807, 2.05) is 24.3 Å². The molecule has 6 nitrogen and oxygen atoms in total. The smallest absolute Gasteiger partial charge is 0.264 e. The van der Waals surface area contributed by atoms with E-state index in [0.717, 1.165) is 32.7 Å². The number of hydrogen-bond donors (Lipinski definition) is 1. The molecule has 0 saturated carbocycles. The highest BCUT2D eigenvalue weighted by molar-refractivity contribution is 5.81. The van der Waals surface area contributed by atoms with Gasteiger partial charge in [0, 0.05) is 25.7 Å². The second-order valence-corrected chi connectivity index (χ2v) is 7.04. The van der Waals surface area contributed by atoms with E-state index >= 15 is 0 Å². The third-order valence-corrected chi connectivity index (χ3v) is 4.62. The van der Waals surface area contributed by atoms with E-state index in [1.54, 1.807) is 0 Å². The standard InChI is InChI=1S/C19H28N2O4/c1-14(2)11-15(21-7-9-23-10-8-21)12-20-19(22)18-13-24-16-5-3-4-6-17(16)25-18/h3-6,14-15,18H,7-13H2,1-2H3,(H,20,22). The van der Waals surface area contributed by atoms with Crippen LogP contribution in [0, 0.1) is 5.92 Å². The number of carbonyl (C=O) groups excluding carboxylic acids is 1. The molecule has 3 rings (SSSR count). The summed E-state index contributed by atoms with van der Waals surface area (Å²) >= 11 is 0. The number of rotatable bonds is 6. The number of hydrogen-bond acceptors (Lipinski definition) is 5. The second-order valence-electron chi connectivity index (χ2n) is 7.04. The minimum atomic E-state index is -0.598. The molecule has 0 aromatic heterocycles. The average molecular weight is 348 g/mol. The molecular weight excluding hydrogens is 320 g/mol. The van der Waals surface area contributed by atoms with Crippen LogP contribution in [0.2, 0.25) is 0 Å². The van der Waals surface area contributed by atoms with Crippen LogP contribution >= 0.6 is 0 Å². The number of amides is 1. The topological polar surface area (TPSA) is 60.0 Å². The molecular formula is C19H28N2O4. The van der Waals surface area contributed by atoms with Gasteiger partial charge in [-0.15, -0.1) is 0 Å². The van der Waals surface area contributed by atoms with Gasteiger partial charge in [-0.25, -0.2) is 0 Å². The van der Waals surface area contributed by atoms with Crippen molar-refractivity contribution in [3.63, 3.8) is 0 Å². The van der Waals surface area contributed by atoms with Crippen molar-refractivity contribution in [1.29, 1.82) is 0 Å². The molecule has 138 valence electrons. The Morgan fingerprint density at radius 2 is 1.96 bits per heavy atom. The fourth-order valence-corrected chi connectivity index (χ4v) is 3.33. The summed E-state index contributed by atoms with van der Waals surface area (Å²) in [6.45, 7) is 8.66. The minimum Gasteiger partial charge on any atom is -0.485 e. The quantitative estimate of drug-likeness (QED) is 0.848. The maximum Gasteiger partial charge on any atom is 0.264 e. The van der Waals surface area contributed by atoms with Gasteiger partial charge in [-0.05, 0) is 24.5 Å². The van der Waals surface area contributed by atoms with Gasteiger partial charge in [0.05, 0.1) is 13.2 Å². The fourth-order valence-electron chi connectivity index (χ4n) is 3.33. The Balaban J connectivity index is 1.54. The van der Waals surface area contributed by atoms with Crippen molar-refractivity contribution in [2.24, 2.45) is 5.92 Å². The lowest BCUT2D eigenvalue weighted by molar-refractivity contribution is -0.130. The molecule has 0 aliphatic carbocycles. The maximum absolute atomic E-state index is 12.5. The lowest BCUT2D eigenvalue weighted by atomic mass is 10.0. The Morgan fingerprint density at radius 3 is 2.68 bits per heavy atom. The second kappa shape index (κ2) is 8.54. The molecule has 2 heterocycles. The summed E-state index contributed by atoms with van der Waals surface area (Å²) in [5.41, 5.74) is 0. The summed E-state index contributed by atoms with van der Waals surface area (Å²) in [6, 6.07) is 7.76. The minimum absolute atomic E-state index is 0.114. The predicted molar refractivity (Wildman–Crippen MR) is 95.0 cm³/mol. The van der Waals surface area contributed by atoms with Crippen molar-refractivity contribution in [2.45, 2.75) is 32.4 Å². The zero-order chi connectivity index (χ0) is 17.6. The van der Waals surface area contributed by atoms with Crippen LogP contribution in [0.3, 0.4) is 0 Å². The number of para-hydroxylation sites is 2. The van der Waals surface area contributed by atoms with E-state index in [4.69, 9.17) is 14.2 Å². The Labute approximate surface area is 149 Å². The van der Waals surface area contributed by atoms with E-state index in [9.17, 15) is 4.79 Å². The normalized spacial score (nSPS) is 21.8. The highest BCUT2D eigenvalue weighted by Gasteiger charge is 2.29. The lowest BCUT2D eigenvalue weighted by Crippen LogP contribution is -2.52. The van der Waals surface area contributed by atoms with Gasteiger partial charge >= 0.3 is 0 Å². The number of fused-ring (bicyclic) bond motifs is 1. The van der Waals surface area contributed by atoms with Crippen LogP contribution in [-0.2, 0) is 9.53 Å². The van der Waals surface area contributed by atoms with Crippen LogP contribution < -0.4 is 14.8 Å². The predicted octanol–water partition coefficient (Wildman–Crippen LogP) is 1.69. The van der Waals surface area contributed by atoms with Crippen LogP contribution in [0.5, 0.6) is 11.5 Å². The Morgan fingerprint density at radius 1 is 1.24 bits per heavy atom. The van der Waals surface area contributed by atoms with Crippen molar-refractivity contribution >= 4 is 5.91 Å². The van der Waals surface area contributed by atoms with Crippen LogP contribution in [0.1, 0.15) is 20.3 Å². The summed E-state index contributed by atoms with van der Waals surface area (Å²) in [7, 11) is 0. The molecule has 25 heavy (non-hydrogen) atoms. The summed E-state index contributed by atoms with van der Waals surface area (Å²) in [4.78, 5) is 14.9. The molecule has 6 heteroatoms. The van der Waals surface area contributed by atoms with E-state index in [1.165, 1.54) is 0 Å². The average Bonchev–Trinajstić information content (AvgIpc) is 2.65. The molecule has 0 spiro atoms. The van der Waals surface area contributed by atoms with Gasteiger partial charge in [0.2, 0.25) is 6.10 Å². The number of ether oxygens (including phenoxy) is 3. The van der Waals surface area contributed by atoms with Crippen LogP contribution in [-0.4, -0.2) is 62.4 Å². The van der Waals surface area contributed by atoms with Crippen LogP contribution in [0.15, 0.2) is 24.3 Å². The first kappa shape index (κ1) is 18.0. The van der Waals surface area contributed by atoms with E-state index in [-0.39, 0.29) is 12.5 Å². The first-order valence-corrected chi connectivity index (χ1v) is 9.11. The zero-order valence-electron chi connectivity index (χ0n) is 15.1. The van der Waals surface area contributed by atoms with Gasteiger partial charge in [-0.2, -0.15) is 0 Å². The largest absolute Gasteiger partial charge is 0.485 e.